The topological polar surface area (TPSA) is 60.8 Å². The van der Waals surface area contributed by atoms with Crippen LogP contribution in [-0.4, -0.2) is 34.7 Å². The first-order chi connectivity index (χ1) is 5.09. The molecule has 11 heavy (non-hydrogen) atoms. The molecular formula is C7H9NO3. The molecule has 0 aromatic rings. The molecule has 0 aromatic carbocycles. The summed E-state index contributed by atoms with van der Waals surface area (Å²) in [5.41, 5.74) is 0.201. The highest BCUT2D eigenvalue weighted by Gasteiger charge is 2.13. The third-order valence-corrected chi connectivity index (χ3v) is 1.37. The summed E-state index contributed by atoms with van der Waals surface area (Å²) >= 11 is 0. The van der Waals surface area contributed by atoms with E-state index in [-0.39, 0.29) is 11.3 Å². The Bertz CT molecular complexity index is 242. The van der Waals surface area contributed by atoms with Crippen LogP contribution in [0.2, 0.25) is 0 Å². The Hall–Kier alpha value is -1.45. The van der Waals surface area contributed by atoms with Crippen LogP contribution in [0.1, 0.15) is 0 Å². The van der Waals surface area contributed by atoms with Gasteiger partial charge in [0, 0.05) is 19.8 Å². The van der Waals surface area contributed by atoms with Crippen LogP contribution >= 0.6 is 0 Å². The van der Waals surface area contributed by atoms with Crippen molar-refractivity contribution >= 4 is 5.97 Å². The average molecular weight is 155 g/mol. The van der Waals surface area contributed by atoms with Crippen molar-refractivity contribution in [1.29, 1.82) is 0 Å². The predicted octanol–water partition coefficient (Wildman–Crippen LogP) is 0.342. The zero-order valence-electron chi connectivity index (χ0n) is 6.11. The van der Waals surface area contributed by atoms with Gasteiger partial charge in [0.2, 0.25) is 0 Å². The first-order valence-electron chi connectivity index (χ1n) is 3.14. The molecule has 0 saturated heterocycles. The Morgan fingerprint density at radius 1 is 1.73 bits per heavy atom. The van der Waals surface area contributed by atoms with Crippen molar-refractivity contribution in [3.05, 3.63) is 23.6 Å². The van der Waals surface area contributed by atoms with E-state index in [0.717, 1.165) is 0 Å². The molecule has 0 fully saturated rings. The first-order valence-corrected chi connectivity index (χ1v) is 3.14. The number of carboxylic acids is 1. The maximum atomic E-state index is 10.4. The molecule has 0 radical (unpaired) electrons. The smallest absolute Gasteiger partial charge is 0.333 e. The lowest BCUT2D eigenvalue weighted by Gasteiger charge is -2.18. The number of hydrogen-bond donors (Lipinski definition) is 2. The Labute approximate surface area is 64.1 Å². The van der Waals surface area contributed by atoms with Crippen molar-refractivity contribution in [3.63, 3.8) is 0 Å². The lowest BCUT2D eigenvalue weighted by Crippen LogP contribution is -2.22. The number of nitrogens with zero attached hydrogens (tertiary/aromatic N) is 1. The summed E-state index contributed by atoms with van der Waals surface area (Å²) in [6, 6.07) is 0. The molecule has 0 amide bonds. The first kappa shape index (κ1) is 7.65. The third-order valence-electron chi connectivity index (χ3n) is 1.37. The maximum absolute atomic E-state index is 10.4. The van der Waals surface area contributed by atoms with Gasteiger partial charge in [-0.05, 0) is 6.08 Å². The second-order valence-electron chi connectivity index (χ2n) is 2.44. The fourth-order valence-electron chi connectivity index (χ4n) is 0.931. The van der Waals surface area contributed by atoms with Gasteiger partial charge >= 0.3 is 5.97 Å². The minimum atomic E-state index is -0.989. The van der Waals surface area contributed by atoms with Crippen LogP contribution < -0.4 is 0 Å². The lowest BCUT2D eigenvalue weighted by molar-refractivity contribution is -0.132. The Balaban J connectivity index is 2.84. The van der Waals surface area contributed by atoms with Crippen LogP contribution in [0.15, 0.2) is 23.6 Å². The van der Waals surface area contributed by atoms with Gasteiger partial charge in [0.05, 0.1) is 5.57 Å². The summed E-state index contributed by atoms with van der Waals surface area (Å²) in [6.45, 7) is 0.333. The number of likely N-dealkylation sites (N-methyl/N-ethyl adjacent to an activating group) is 1. The summed E-state index contributed by atoms with van der Waals surface area (Å²) in [6.07, 6.45) is 2.73. The fraction of sp³-hybridized carbons (Fsp3) is 0.286. The Kier molecular flexibility index (Phi) is 1.85. The van der Waals surface area contributed by atoms with E-state index in [0.29, 0.717) is 6.54 Å². The van der Waals surface area contributed by atoms with Crippen molar-refractivity contribution in [2.24, 2.45) is 0 Å². The molecule has 0 spiro atoms. The minimum Gasteiger partial charge on any atom is -0.506 e. The molecule has 0 aliphatic carbocycles. The van der Waals surface area contributed by atoms with E-state index in [9.17, 15) is 4.79 Å². The van der Waals surface area contributed by atoms with Gasteiger partial charge in [-0.15, -0.1) is 0 Å². The maximum Gasteiger partial charge on any atom is 0.333 e. The highest BCUT2D eigenvalue weighted by atomic mass is 16.4. The zero-order valence-corrected chi connectivity index (χ0v) is 6.11. The zero-order chi connectivity index (χ0) is 8.43. The molecule has 0 saturated carbocycles. The summed E-state index contributed by atoms with van der Waals surface area (Å²) in [7, 11) is 1.70. The SMILES string of the molecule is CN1C=C(O)C=C(C(=O)O)C1. The number of carbonyl (C=O) groups is 1. The standard InChI is InChI=1S/C7H9NO3/c1-8-3-5(7(10)11)2-6(9)4-8/h2,4,9H,3H2,1H3,(H,10,11). The molecule has 1 aliphatic rings. The average Bonchev–Trinajstić information content (AvgIpc) is 1.85. The van der Waals surface area contributed by atoms with Crippen LogP contribution in [0.5, 0.6) is 0 Å². The largest absolute Gasteiger partial charge is 0.506 e. The molecule has 1 heterocycles. The third kappa shape index (κ3) is 1.73. The predicted molar refractivity (Wildman–Crippen MR) is 39.1 cm³/mol. The monoisotopic (exact) mass is 155 g/mol. The molecule has 60 valence electrons. The molecule has 0 unspecified atom stereocenters. The molecule has 0 bridgehead atoms. The number of hydrogen-bond acceptors (Lipinski definition) is 3. The quantitative estimate of drug-likeness (QED) is 0.573. The van der Waals surface area contributed by atoms with E-state index in [1.807, 2.05) is 0 Å². The molecule has 0 aromatic heterocycles. The number of rotatable bonds is 1. The van der Waals surface area contributed by atoms with Gasteiger partial charge in [-0.1, -0.05) is 0 Å². The molecule has 4 nitrogen and oxygen atoms in total. The van der Waals surface area contributed by atoms with E-state index in [2.05, 4.69) is 0 Å². The van der Waals surface area contributed by atoms with Crippen molar-refractivity contribution in [2.45, 2.75) is 0 Å². The minimum absolute atomic E-state index is 0.0175. The normalized spacial score (nSPS) is 17.4. The summed E-state index contributed by atoms with van der Waals surface area (Å²) in [5, 5.41) is 17.5. The molecule has 0 atom stereocenters. The second-order valence-corrected chi connectivity index (χ2v) is 2.44. The molecule has 1 rings (SSSR count). The Morgan fingerprint density at radius 2 is 2.36 bits per heavy atom. The summed E-state index contributed by atoms with van der Waals surface area (Å²) in [5.74, 6) is -1.01. The van der Waals surface area contributed by atoms with Gasteiger partial charge in [0.15, 0.2) is 0 Å². The molecule has 4 heteroatoms. The fourth-order valence-corrected chi connectivity index (χ4v) is 0.931. The van der Waals surface area contributed by atoms with Crippen molar-refractivity contribution in [3.8, 4) is 0 Å². The van der Waals surface area contributed by atoms with Gasteiger partial charge in [-0.2, -0.15) is 0 Å². The number of aliphatic carboxylic acids is 1. The molecule has 2 N–H and O–H groups in total. The molecule has 1 aliphatic heterocycles. The van der Waals surface area contributed by atoms with Gasteiger partial charge in [0.25, 0.3) is 0 Å². The van der Waals surface area contributed by atoms with E-state index >= 15 is 0 Å². The van der Waals surface area contributed by atoms with Crippen molar-refractivity contribution < 1.29 is 15.0 Å². The summed E-state index contributed by atoms with van der Waals surface area (Å²) in [4.78, 5) is 12.0. The number of aliphatic hydroxyl groups excluding tert-OH is 1. The molecular weight excluding hydrogens is 146 g/mol. The second kappa shape index (κ2) is 2.65. The van der Waals surface area contributed by atoms with Crippen molar-refractivity contribution in [2.75, 3.05) is 13.6 Å². The van der Waals surface area contributed by atoms with Crippen molar-refractivity contribution in [1.82, 2.24) is 4.90 Å². The Morgan fingerprint density at radius 3 is 2.82 bits per heavy atom. The van der Waals surface area contributed by atoms with Gasteiger partial charge in [-0.25, -0.2) is 4.79 Å². The van der Waals surface area contributed by atoms with Gasteiger partial charge in [-0.3, -0.25) is 0 Å². The highest BCUT2D eigenvalue weighted by molar-refractivity contribution is 5.87. The lowest BCUT2D eigenvalue weighted by atomic mass is 10.2. The van der Waals surface area contributed by atoms with Gasteiger partial charge < -0.3 is 15.1 Å². The summed E-state index contributed by atoms with van der Waals surface area (Å²) < 4.78 is 0. The van der Waals surface area contributed by atoms with Crippen LogP contribution in [0.25, 0.3) is 0 Å². The van der Waals surface area contributed by atoms with Crippen LogP contribution in [0.3, 0.4) is 0 Å². The highest BCUT2D eigenvalue weighted by Crippen LogP contribution is 2.09. The number of allylic oxidation sites excluding steroid dienone is 1. The van der Waals surface area contributed by atoms with E-state index in [1.165, 1.54) is 12.3 Å². The van der Waals surface area contributed by atoms with E-state index in [1.54, 1.807) is 11.9 Å². The number of aliphatic hydroxyl groups is 1. The van der Waals surface area contributed by atoms with Crippen LogP contribution in [0, 0.1) is 0 Å². The van der Waals surface area contributed by atoms with E-state index < -0.39 is 5.97 Å². The van der Waals surface area contributed by atoms with Gasteiger partial charge in [0.1, 0.15) is 5.76 Å². The van der Waals surface area contributed by atoms with Crippen LogP contribution in [-0.2, 0) is 4.79 Å². The van der Waals surface area contributed by atoms with E-state index in [4.69, 9.17) is 10.2 Å². The van der Waals surface area contributed by atoms with Crippen LogP contribution in [0.4, 0.5) is 0 Å². The number of carboxylic acid groups (broad SMARTS) is 1.